The summed E-state index contributed by atoms with van der Waals surface area (Å²) in [5.74, 6) is 0.666. The second-order valence-electron chi connectivity index (χ2n) is 3.62. The van der Waals surface area contributed by atoms with Gasteiger partial charge in [-0.05, 0) is 20.3 Å². The van der Waals surface area contributed by atoms with E-state index in [1.54, 1.807) is 6.08 Å². The minimum Gasteiger partial charge on any atom is -0.475 e. The van der Waals surface area contributed by atoms with Crippen LogP contribution in [0.1, 0.15) is 27.2 Å². The Morgan fingerprint density at radius 3 is 2.83 bits per heavy atom. The van der Waals surface area contributed by atoms with E-state index in [0.717, 1.165) is 12.1 Å². The van der Waals surface area contributed by atoms with E-state index >= 15 is 0 Å². The quantitative estimate of drug-likeness (QED) is 0.678. The molecule has 0 saturated carbocycles. The summed E-state index contributed by atoms with van der Waals surface area (Å²) in [6.45, 7) is 6.73. The molecule has 0 atom stereocenters. The maximum absolute atomic E-state index is 5.64. The Hall–Kier alpha value is -0.990. The van der Waals surface area contributed by atoms with Gasteiger partial charge in [-0.15, -0.1) is 0 Å². The van der Waals surface area contributed by atoms with Crippen molar-refractivity contribution in [3.63, 3.8) is 0 Å². The number of nitrogens with zero attached hydrogens (tertiary/aromatic N) is 1. The van der Waals surface area contributed by atoms with Crippen LogP contribution in [0.2, 0.25) is 0 Å². The lowest BCUT2D eigenvalue weighted by Gasteiger charge is -2.07. The van der Waals surface area contributed by atoms with Gasteiger partial charge in [0.25, 0.3) is 0 Å². The van der Waals surface area contributed by atoms with E-state index < -0.39 is 0 Å². The third-order valence-corrected chi connectivity index (χ3v) is 1.70. The lowest BCUT2D eigenvalue weighted by Crippen LogP contribution is -2.17. The van der Waals surface area contributed by atoms with Gasteiger partial charge in [-0.1, -0.05) is 6.92 Å². The minimum absolute atomic E-state index is 0.0835. The van der Waals surface area contributed by atoms with E-state index in [1.165, 1.54) is 0 Å². The molecule has 1 aliphatic rings. The summed E-state index contributed by atoms with van der Waals surface area (Å²) in [7, 11) is 0. The van der Waals surface area contributed by atoms with Crippen molar-refractivity contribution in [2.24, 2.45) is 10.7 Å². The van der Waals surface area contributed by atoms with E-state index in [4.69, 9.17) is 10.5 Å². The molecule has 0 aromatic rings. The molecule has 1 aliphatic heterocycles. The van der Waals surface area contributed by atoms with Crippen molar-refractivity contribution in [2.75, 3.05) is 6.61 Å². The predicted octanol–water partition coefficient (Wildman–Crippen LogP) is 1.45. The summed E-state index contributed by atoms with van der Waals surface area (Å²) in [6.07, 6.45) is 2.64. The molecule has 1 heterocycles. The molecule has 0 fully saturated rings. The Balaban J connectivity index is 2.68. The Morgan fingerprint density at radius 2 is 2.42 bits per heavy atom. The summed E-state index contributed by atoms with van der Waals surface area (Å²) in [5, 5.41) is 0. The SMILES string of the molecule is CC/C(N)=C/C1=NC(C)(C)CO1. The molecular formula is C9H16N2O. The van der Waals surface area contributed by atoms with Crippen molar-refractivity contribution in [1.82, 2.24) is 0 Å². The van der Waals surface area contributed by atoms with Crippen molar-refractivity contribution in [1.29, 1.82) is 0 Å². The molecule has 1 rings (SSSR count). The van der Waals surface area contributed by atoms with Gasteiger partial charge in [0.2, 0.25) is 5.90 Å². The van der Waals surface area contributed by atoms with E-state index in [2.05, 4.69) is 4.99 Å². The fourth-order valence-electron chi connectivity index (χ4n) is 0.948. The van der Waals surface area contributed by atoms with E-state index in [0.29, 0.717) is 12.5 Å². The van der Waals surface area contributed by atoms with Crippen LogP contribution in [0, 0.1) is 0 Å². The lowest BCUT2D eigenvalue weighted by molar-refractivity contribution is 0.280. The van der Waals surface area contributed by atoms with Gasteiger partial charge in [-0.3, -0.25) is 0 Å². The zero-order valence-corrected chi connectivity index (χ0v) is 7.92. The molecule has 0 bridgehead atoms. The van der Waals surface area contributed by atoms with Crippen LogP contribution in [0.5, 0.6) is 0 Å². The van der Waals surface area contributed by atoms with Crippen LogP contribution >= 0.6 is 0 Å². The largest absolute Gasteiger partial charge is 0.475 e. The maximum Gasteiger partial charge on any atom is 0.211 e. The Bertz CT molecular complexity index is 229. The molecule has 0 aliphatic carbocycles. The molecule has 0 saturated heterocycles. The standard InChI is InChI=1S/C9H16N2O/c1-4-7(10)5-8-11-9(2,3)6-12-8/h5H,4,6,10H2,1-3H3/b7-5-. The molecule has 0 aromatic heterocycles. The van der Waals surface area contributed by atoms with Crippen LogP contribution in [0.25, 0.3) is 0 Å². The molecule has 0 spiro atoms. The molecule has 68 valence electrons. The Kier molecular flexibility index (Phi) is 2.40. The number of nitrogens with two attached hydrogens (primary N) is 1. The van der Waals surface area contributed by atoms with E-state index in [1.807, 2.05) is 20.8 Å². The van der Waals surface area contributed by atoms with Crippen LogP contribution in [0.3, 0.4) is 0 Å². The minimum atomic E-state index is -0.0835. The average molecular weight is 168 g/mol. The van der Waals surface area contributed by atoms with Crippen LogP contribution < -0.4 is 5.73 Å². The van der Waals surface area contributed by atoms with Crippen LogP contribution in [-0.4, -0.2) is 18.0 Å². The highest BCUT2D eigenvalue weighted by Gasteiger charge is 2.24. The van der Waals surface area contributed by atoms with Gasteiger partial charge >= 0.3 is 0 Å². The lowest BCUT2D eigenvalue weighted by atomic mass is 10.1. The fourth-order valence-corrected chi connectivity index (χ4v) is 0.948. The third-order valence-electron chi connectivity index (χ3n) is 1.70. The smallest absolute Gasteiger partial charge is 0.211 e. The Morgan fingerprint density at radius 1 is 1.75 bits per heavy atom. The van der Waals surface area contributed by atoms with Gasteiger partial charge in [-0.2, -0.15) is 0 Å². The number of allylic oxidation sites excluding steroid dienone is 1. The molecule has 0 radical (unpaired) electrons. The zero-order chi connectivity index (χ0) is 9.19. The highest BCUT2D eigenvalue weighted by molar-refractivity contribution is 5.89. The van der Waals surface area contributed by atoms with E-state index in [9.17, 15) is 0 Å². The highest BCUT2D eigenvalue weighted by atomic mass is 16.5. The normalized spacial score (nSPS) is 21.9. The fraction of sp³-hybridized carbons (Fsp3) is 0.667. The van der Waals surface area contributed by atoms with Crippen LogP contribution in [0.4, 0.5) is 0 Å². The molecule has 0 unspecified atom stereocenters. The molecule has 0 amide bonds. The molecular weight excluding hydrogens is 152 g/mol. The summed E-state index contributed by atoms with van der Waals surface area (Å²) in [5.41, 5.74) is 6.37. The van der Waals surface area contributed by atoms with Crippen molar-refractivity contribution in [3.05, 3.63) is 11.8 Å². The molecule has 2 N–H and O–H groups in total. The first-order valence-corrected chi connectivity index (χ1v) is 4.22. The molecule has 3 nitrogen and oxygen atoms in total. The topological polar surface area (TPSA) is 47.6 Å². The van der Waals surface area contributed by atoms with Gasteiger partial charge in [0.1, 0.15) is 6.61 Å². The number of ether oxygens (including phenoxy) is 1. The summed E-state index contributed by atoms with van der Waals surface area (Å²) in [6, 6.07) is 0. The van der Waals surface area contributed by atoms with Crippen molar-refractivity contribution in [2.45, 2.75) is 32.7 Å². The maximum atomic E-state index is 5.64. The van der Waals surface area contributed by atoms with Gasteiger partial charge in [0.15, 0.2) is 0 Å². The summed E-state index contributed by atoms with van der Waals surface area (Å²) in [4.78, 5) is 4.35. The summed E-state index contributed by atoms with van der Waals surface area (Å²) >= 11 is 0. The van der Waals surface area contributed by atoms with Gasteiger partial charge in [0, 0.05) is 11.8 Å². The number of rotatable bonds is 2. The van der Waals surface area contributed by atoms with Crippen LogP contribution in [0.15, 0.2) is 16.8 Å². The Labute approximate surface area is 73.3 Å². The van der Waals surface area contributed by atoms with Gasteiger partial charge < -0.3 is 10.5 Å². The number of hydrogen-bond donors (Lipinski definition) is 1. The van der Waals surface area contributed by atoms with Crippen molar-refractivity contribution in [3.8, 4) is 0 Å². The zero-order valence-electron chi connectivity index (χ0n) is 7.92. The predicted molar refractivity (Wildman–Crippen MR) is 50.0 cm³/mol. The third kappa shape index (κ3) is 2.26. The first-order chi connectivity index (χ1) is 5.53. The first kappa shape index (κ1) is 9.10. The van der Waals surface area contributed by atoms with Gasteiger partial charge in [-0.25, -0.2) is 4.99 Å². The second-order valence-corrected chi connectivity index (χ2v) is 3.62. The summed E-state index contributed by atoms with van der Waals surface area (Å²) < 4.78 is 5.33. The average Bonchev–Trinajstić information content (AvgIpc) is 2.30. The molecule has 0 aromatic carbocycles. The van der Waals surface area contributed by atoms with Crippen LogP contribution in [-0.2, 0) is 4.74 Å². The van der Waals surface area contributed by atoms with Crippen molar-refractivity contribution < 1.29 is 4.74 Å². The number of hydrogen-bond acceptors (Lipinski definition) is 3. The van der Waals surface area contributed by atoms with Gasteiger partial charge in [0.05, 0.1) is 5.54 Å². The van der Waals surface area contributed by atoms with E-state index in [-0.39, 0.29) is 5.54 Å². The highest BCUT2D eigenvalue weighted by Crippen LogP contribution is 2.17. The molecule has 3 heteroatoms. The van der Waals surface area contributed by atoms with Crippen molar-refractivity contribution >= 4 is 5.90 Å². The molecule has 12 heavy (non-hydrogen) atoms. The second kappa shape index (κ2) is 3.17. The number of aliphatic imine (C=N–C) groups is 1. The first-order valence-electron chi connectivity index (χ1n) is 4.22. The monoisotopic (exact) mass is 168 g/mol.